The number of nitrogens with one attached hydrogen (secondary N) is 3. The molecule has 3 N–H and O–H groups in total. The maximum atomic E-state index is 15.2. The number of anilines is 2. The molecule has 3 heterocycles. The van der Waals surface area contributed by atoms with Gasteiger partial charge in [0, 0.05) is 29.3 Å². The molecule has 39 heavy (non-hydrogen) atoms. The Morgan fingerprint density at radius 3 is 2.59 bits per heavy atom. The highest BCUT2D eigenvalue weighted by atomic mass is 32.2. The zero-order valence-corrected chi connectivity index (χ0v) is 23.6. The molecular weight excluding hydrogens is 535 g/mol. The number of amides is 2. The Balaban J connectivity index is 1.28. The summed E-state index contributed by atoms with van der Waals surface area (Å²) in [4.78, 5) is 33.8. The van der Waals surface area contributed by atoms with Crippen molar-refractivity contribution in [3.63, 3.8) is 0 Å². The number of carbonyl (C=O) groups is 1. The summed E-state index contributed by atoms with van der Waals surface area (Å²) in [6.07, 6.45) is 3.83. The molecule has 0 spiro atoms. The Bertz CT molecular complexity index is 1550. The van der Waals surface area contributed by atoms with Crippen molar-refractivity contribution in [1.29, 1.82) is 0 Å². The van der Waals surface area contributed by atoms with Crippen LogP contribution >= 0.6 is 23.3 Å². The fourth-order valence-electron chi connectivity index (χ4n) is 4.72. The van der Waals surface area contributed by atoms with E-state index in [1.54, 1.807) is 30.4 Å². The van der Waals surface area contributed by atoms with E-state index in [1.807, 2.05) is 31.2 Å². The Morgan fingerprint density at radius 2 is 1.85 bits per heavy atom. The van der Waals surface area contributed by atoms with Crippen LogP contribution in [0.25, 0.3) is 16.6 Å². The number of urea groups is 1. The topological polar surface area (TPSA) is 91.3 Å². The molecule has 0 atom stereocenters. The molecule has 0 radical (unpaired) electrons. The number of carbonyl (C=O) groups excluding carboxylic acids is 1. The van der Waals surface area contributed by atoms with Crippen molar-refractivity contribution in [3.05, 3.63) is 75.4 Å². The van der Waals surface area contributed by atoms with E-state index in [0.29, 0.717) is 16.7 Å². The van der Waals surface area contributed by atoms with E-state index >= 15 is 4.39 Å². The summed E-state index contributed by atoms with van der Waals surface area (Å²) in [5.41, 5.74) is 1.46. The predicted octanol–water partition coefficient (Wildman–Crippen LogP) is 5.93. The second-order valence-electron chi connectivity index (χ2n) is 9.55. The highest BCUT2D eigenvalue weighted by molar-refractivity contribution is 7.99. The van der Waals surface area contributed by atoms with Crippen molar-refractivity contribution in [2.75, 3.05) is 36.8 Å². The molecule has 2 aromatic carbocycles. The molecule has 204 valence electrons. The van der Waals surface area contributed by atoms with Gasteiger partial charge in [0.1, 0.15) is 11.6 Å². The quantitative estimate of drug-likeness (QED) is 0.229. The first kappa shape index (κ1) is 27.2. The first-order chi connectivity index (χ1) is 18.9. The third kappa shape index (κ3) is 6.60. The smallest absolute Gasteiger partial charge is 0.329 e. The van der Waals surface area contributed by atoms with Crippen LogP contribution in [0.1, 0.15) is 30.0 Å². The average molecular weight is 567 g/mol. The number of aryl methyl sites for hydroxylation is 2. The lowest BCUT2D eigenvalue weighted by atomic mass is 10.1. The largest absolute Gasteiger partial charge is 0.384 e. The Labute approximate surface area is 234 Å². The Morgan fingerprint density at radius 1 is 1.05 bits per heavy atom. The van der Waals surface area contributed by atoms with Crippen molar-refractivity contribution in [1.82, 2.24) is 19.2 Å². The van der Waals surface area contributed by atoms with Crippen LogP contribution in [0, 0.1) is 19.7 Å². The molecule has 8 nitrogen and oxygen atoms in total. The molecular formula is C28H31FN6O2S2. The number of rotatable bonds is 8. The molecule has 5 rings (SSSR count). The fourth-order valence-corrected chi connectivity index (χ4v) is 6.37. The normalized spacial score (nSPS) is 13.9. The minimum Gasteiger partial charge on any atom is -0.384 e. The van der Waals surface area contributed by atoms with Crippen molar-refractivity contribution in [3.8, 4) is 5.69 Å². The summed E-state index contributed by atoms with van der Waals surface area (Å²) in [6, 6.07) is 13.1. The van der Waals surface area contributed by atoms with Crippen LogP contribution in [0.4, 0.5) is 20.6 Å². The minimum atomic E-state index is -0.642. The zero-order valence-electron chi connectivity index (χ0n) is 21.9. The van der Waals surface area contributed by atoms with E-state index in [2.05, 4.69) is 25.2 Å². The number of fused-ring (bicyclic) bond motifs is 1. The summed E-state index contributed by atoms with van der Waals surface area (Å²) in [7, 11) is 0. The monoisotopic (exact) mass is 566 g/mol. The SMILES string of the molecule is Cc1ccc(SNC(=O)Nc2ccc(-n3c(C)nc4cc(NCCN5CCCCC5)ccc4c3=O)c(F)c2)s1. The molecule has 1 fully saturated rings. The number of hydrogen-bond acceptors (Lipinski definition) is 7. The third-order valence-corrected chi connectivity index (χ3v) is 8.57. The van der Waals surface area contributed by atoms with Crippen LogP contribution in [0.3, 0.4) is 0 Å². The summed E-state index contributed by atoms with van der Waals surface area (Å²) >= 11 is 2.76. The van der Waals surface area contributed by atoms with E-state index in [4.69, 9.17) is 0 Å². The number of nitrogens with zero attached hydrogens (tertiary/aromatic N) is 3. The van der Waals surface area contributed by atoms with Crippen molar-refractivity contribution >= 4 is 51.6 Å². The number of benzene rings is 2. The molecule has 2 amide bonds. The van der Waals surface area contributed by atoms with Crippen LogP contribution in [-0.4, -0.2) is 46.7 Å². The zero-order chi connectivity index (χ0) is 27.4. The Hall–Kier alpha value is -3.41. The maximum Gasteiger partial charge on any atom is 0.329 e. The lowest BCUT2D eigenvalue weighted by molar-refractivity contribution is 0.237. The summed E-state index contributed by atoms with van der Waals surface area (Å²) in [5, 5.41) is 6.46. The second kappa shape index (κ2) is 12.2. The highest BCUT2D eigenvalue weighted by Gasteiger charge is 2.15. The number of aromatic nitrogens is 2. The first-order valence-electron chi connectivity index (χ1n) is 13.0. The van der Waals surface area contributed by atoms with Crippen LogP contribution in [0.5, 0.6) is 0 Å². The van der Waals surface area contributed by atoms with E-state index in [-0.39, 0.29) is 16.9 Å². The summed E-state index contributed by atoms with van der Waals surface area (Å²) in [5.74, 6) is -0.269. The van der Waals surface area contributed by atoms with Gasteiger partial charge < -0.3 is 15.5 Å². The van der Waals surface area contributed by atoms with Crippen LogP contribution in [0.2, 0.25) is 0 Å². The van der Waals surface area contributed by atoms with Crippen LogP contribution in [-0.2, 0) is 0 Å². The number of halogens is 1. The van der Waals surface area contributed by atoms with Crippen molar-refractivity contribution in [2.45, 2.75) is 37.3 Å². The van der Waals surface area contributed by atoms with Gasteiger partial charge in [0.2, 0.25) is 0 Å². The van der Waals surface area contributed by atoms with Gasteiger partial charge in [-0.15, -0.1) is 11.3 Å². The molecule has 1 aliphatic heterocycles. The molecule has 4 aromatic rings. The highest BCUT2D eigenvalue weighted by Crippen LogP contribution is 2.25. The van der Waals surface area contributed by atoms with Crippen LogP contribution in [0.15, 0.2) is 57.5 Å². The number of thiophene rings is 1. The van der Waals surface area contributed by atoms with E-state index < -0.39 is 11.8 Å². The lowest BCUT2D eigenvalue weighted by Gasteiger charge is -2.26. The fraction of sp³-hybridized carbons (Fsp3) is 0.321. The predicted molar refractivity (Wildman–Crippen MR) is 158 cm³/mol. The molecule has 11 heteroatoms. The van der Waals surface area contributed by atoms with Gasteiger partial charge in [-0.1, -0.05) is 6.42 Å². The standard InChI is InChI=1S/C28H31FN6O2S2/c1-18-6-11-26(38-18)39-33-28(37)32-21-8-10-25(23(29)16-21)35-19(2)31-24-17-20(7-9-22(24)27(35)36)30-12-15-34-13-4-3-5-14-34/h6-11,16-17,30H,3-5,12-15H2,1-2H3,(H2,32,33,37). The maximum absolute atomic E-state index is 15.2. The van der Waals surface area contributed by atoms with Gasteiger partial charge in [0.15, 0.2) is 0 Å². The molecule has 0 unspecified atom stereocenters. The summed E-state index contributed by atoms with van der Waals surface area (Å²) < 4.78 is 20.1. The van der Waals surface area contributed by atoms with Gasteiger partial charge in [-0.2, -0.15) is 0 Å². The van der Waals surface area contributed by atoms with Crippen LogP contribution < -0.4 is 20.9 Å². The molecule has 2 aromatic heterocycles. The molecule has 1 aliphatic rings. The lowest BCUT2D eigenvalue weighted by Crippen LogP contribution is -2.33. The van der Waals surface area contributed by atoms with Gasteiger partial charge in [0.05, 0.1) is 20.8 Å². The van der Waals surface area contributed by atoms with Gasteiger partial charge in [-0.05, 0) is 100 Å². The summed E-state index contributed by atoms with van der Waals surface area (Å²) in [6.45, 7) is 7.76. The van der Waals surface area contributed by atoms with Crippen molar-refractivity contribution < 1.29 is 9.18 Å². The first-order valence-corrected chi connectivity index (χ1v) is 14.6. The number of hydrogen-bond donors (Lipinski definition) is 3. The molecule has 0 saturated carbocycles. The molecule has 0 aliphatic carbocycles. The van der Waals surface area contributed by atoms with E-state index in [1.165, 1.54) is 47.9 Å². The van der Waals surface area contributed by atoms with Gasteiger partial charge >= 0.3 is 6.03 Å². The molecule has 1 saturated heterocycles. The average Bonchev–Trinajstić information content (AvgIpc) is 3.34. The van der Waals surface area contributed by atoms with Gasteiger partial charge in [0.25, 0.3) is 5.56 Å². The molecule has 0 bridgehead atoms. The Kier molecular flexibility index (Phi) is 8.49. The number of piperidine rings is 1. The third-order valence-electron chi connectivity index (χ3n) is 6.65. The van der Waals surface area contributed by atoms with E-state index in [0.717, 1.165) is 41.0 Å². The number of likely N-dealkylation sites (tertiary alicyclic amines) is 1. The van der Waals surface area contributed by atoms with Gasteiger partial charge in [-0.25, -0.2) is 14.2 Å². The second-order valence-corrected chi connectivity index (χ2v) is 11.9. The van der Waals surface area contributed by atoms with Gasteiger partial charge in [-0.3, -0.25) is 14.1 Å². The van der Waals surface area contributed by atoms with E-state index in [9.17, 15) is 9.59 Å². The van der Waals surface area contributed by atoms with Crippen molar-refractivity contribution in [2.24, 2.45) is 0 Å². The minimum absolute atomic E-state index is 0.0741.